The Hall–Kier alpha value is -2.42. The van der Waals surface area contributed by atoms with Crippen molar-refractivity contribution in [2.45, 2.75) is 0 Å². The summed E-state index contributed by atoms with van der Waals surface area (Å²) in [7, 11) is 0. The molecule has 1 heterocycles. The van der Waals surface area contributed by atoms with Crippen LogP contribution in [0, 0.1) is 17.7 Å². The average molecular weight is 305 g/mol. The molecule has 4 nitrogen and oxygen atoms in total. The maximum absolute atomic E-state index is 13.2. The van der Waals surface area contributed by atoms with Gasteiger partial charge >= 0.3 is 0 Å². The Labute approximate surface area is 125 Å². The zero-order valence-corrected chi connectivity index (χ0v) is 11.5. The lowest BCUT2D eigenvalue weighted by Crippen LogP contribution is -2.12. The van der Waals surface area contributed by atoms with E-state index in [0.29, 0.717) is 5.56 Å². The molecule has 2 N–H and O–H groups in total. The maximum atomic E-state index is 13.2. The second kappa shape index (κ2) is 6.84. The van der Waals surface area contributed by atoms with Gasteiger partial charge in [0.15, 0.2) is 0 Å². The first-order valence-electron chi connectivity index (χ1n) is 5.91. The van der Waals surface area contributed by atoms with Crippen LogP contribution in [0.1, 0.15) is 15.9 Å². The molecule has 1 aromatic heterocycles. The number of pyridine rings is 1. The number of anilines is 1. The van der Waals surface area contributed by atoms with Crippen molar-refractivity contribution >= 4 is 23.2 Å². The summed E-state index contributed by atoms with van der Waals surface area (Å²) < 4.78 is 13.2. The average Bonchev–Trinajstić information content (AvgIpc) is 2.44. The quantitative estimate of drug-likeness (QED) is 0.838. The molecule has 0 saturated carbocycles. The smallest absolute Gasteiger partial charge is 0.257 e. The summed E-state index contributed by atoms with van der Waals surface area (Å²) in [6.45, 7) is -0.280. The van der Waals surface area contributed by atoms with Crippen LogP contribution < -0.4 is 5.32 Å². The van der Waals surface area contributed by atoms with Crippen molar-refractivity contribution in [2.24, 2.45) is 0 Å². The number of carbonyl (C=O) groups excluding carboxylic acids is 1. The number of aromatic nitrogens is 1. The van der Waals surface area contributed by atoms with E-state index < -0.39 is 11.7 Å². The van der Waals surface area contributed by atoms with Crippen LogP contribution in [0.25, 0.3) is 0 Å². The number of rotatable bonds is 2. The fourth-order valence-electron chi connectivity index (χ4n) is 1.60. The molecular weight excluding hydrogens is 295 g/mol. The summed E-state index contributed by atoms with van der Waals surface area (Å²) in [5.41, 5.74) is 1.01. The van der Waals surface area contributed by atoms with Gasteiger partial charge < -0.3 is 10.4 Å². The molecule has 21 heavy (non-hydrogen) atoms. The fraction of sp³-hybridized carbons (Fsp3) is 0.0667. The van der Waals surface area contributed by atoms with Gasteiger partial charge in [-0.3, -0.25) is 9.78 Å². The molecule has 106 valence electrons. The van der Waals surface area contributed by atoms with Gasteiger partial charge in [-0.1, -0.05) is 23.4 Å². The number of nitrogens with one attached hydrogen (secondary N) is 1. The molecule has 2 aromatic rings. The van der Waals surface area contributed by atoms with Gasteiger partial charge in [0.1, 0.15) is 12.4 Å². The number of hydrogen-bond acceptors (Lipinski definition) is 3. The van der Waals surface area contributed by atoms with Gasteiger partial charge in [0.25, 0.3) is 5.91 Å². The van der Waals surface area contributed by atoms with Crippen molar-refractivity contribution in [2.75, 3.05) is 11.9 Å². The van der Waals surface area contributed by atoms with Crippen molar-refractivity contribution in [1.29, 1.82) is 0 Å². The molecule has 1 aromatic carbocycles. The third-order valence-electron chi connectivity index (χ3n) is 2.43. The molecule has 0 unspecified atom stereocenters. The van der Waals surface area contributed by atoms with Gasteiger partial charge in [-0.25, -0.2) is 4.39 Å². The highest BCUT2D eigenvalue weighted by molar-refractivity contribution is 6.31. The second-order valence-electron chi connectivity index (χ2n) is 4.03. The van der Waals surface area contributed by atoms with Crippen LogP contribution in [0.3, 0.4) is 0 Å². The van der Waals surface area contributed by atoms with Crippen LogP contribution in [0.15, 0.2) is 36.7 Å². The van der Waals surface area contributed by atoms with Crippen molar-refractivity contribution < 1.29 is 14.3 Å². The summed E-state index contributed by atoms with van der Waals surface area (Å²) in [6.07, 6.45) is 2.83. The molecule has 0 aliphatic rings. The molecule has 0 bridgehead atoms. The van der Waals surface area contributed by atoms with E-state index in [2.05, 4.69) is 22.1 Å². The number of carbonyl (C=O) groups is 1. The number of nitrogens with zero attached hydrogens (tertiary/aromatic N) is 1. The number of amides is 1. The predicted molar refractivity (Wildman–Crippen MR) is 77.6 cm³/mol. The molecule has 1 amide bonds. The number of halogens is 2. The molecule has 0 radical (unpaired) electrons. The third kappa shape index (κ3) is 4.28. The molecule has 0 atom stereocenters. The Balaban J connectivity index is 2.20. The van der Waals surface area contributed by atoms with Crippen molar-refractivity contribution in [3.8, 4) is 11.8 Å². The first-order valence-corrected chi connectivity index (χ1v) is 6.28. The van der Waals surface area contributed by atoms with E-state index in [1.54, 1.807) is 0 Å². The minimum atomic E-state index is -0.543. The Morgan fingerprint density at radius 3 is 2.86 bits per heavy atom. The van der Waals surface area contributed by atoms with Gasteiger partial charge in [-0.05, 0) is 24.3 Å². The van der Waals surface area contributed by atoms with Crippen LogP contribution in [0.4, 0.5) is 10.1 Å². The minimum absolute atomic E-state index is 0.186. The van der Waals surface area contributed by atoms with Crippen LogP contribution >= 0.6 is 11.6 Å². The van der Waals surface area contributed by atoms with Crippen LogP contribution in [0.5, 0.6) is 0 Å². The van der Waals surface area contributed by atoms with Gasteiger partial charge in [-0.2, -0.15) is 0 Å². The second-order valence-corrected chi connectivity index (χ2v) is 4.47. The van der Waals surface area contributed by atoms with E-state index in [1.807, 2.05) is 0 Å². The highest BCUT2D eigenvalue weighted by atomic mass is 35.5. The highest BCUT2D eigenvalue weighted by Crippen LogP contribution is 2.18. The molecule has 0 saturated heterocycles. The maximum Gasteiger partial charge on any atom is 0.257 e. The third-order valence-corrected chi connectivity index (χ3v) is 2.65. The fourth-order valence-corrected chi connectivity index (χ4v) is 1.83. The summed E-state index contributed by atoms with van der Waals surface area (Å²) in [6, 6.07) is 5.26. The normalized spacial score (nSPS) is 9.67. The van der Waals surface area contributed by atoms with E-state index in [0.717, 1.165) is 12.1 Å². The van der Waals surface area contributed by atoms with Gasteiger partial charge in [0, 0.05) is 28.7 Å². The monoisotopic (exact) mass is 304 g/mol. The molecule has 0 spiro atoms. The minimum Gasteiger partial charge on any atom is -0.384 e. The largest absolute Gasteiger partial charge is 0.384 e. The molecule has 0 aliphatic heterocycles. The lowest BCUT2D eigenvalue weighted by molar-refractivity contribution is 0.102. The molecule has 2 rings (SSSR count). The van der Waals surface area contributed by atoms with E-state index in [9.17, 15) is 9.18 Å². The number of hydrogen-bond donors (Lipinski definition) is 2. The van der Waals surface area contributed by atoms with E-state index >= 15 is 0 Å². The van der Waals surface area contributed by atoms with Gasteiger partial charge in [0.2, 0.25) is 0 Å². The molecule has 0 fully saturated rings. The van der Waals surface area contributed by atoms with Crippen LogP contribution in [-0.2, 0) is 0 Å². The molecule has 6 heteroatoms. The Bertz CT molecular complexity index is 718. The highest BCUT2D eigenvalue weighted by Gasteiger charge is 2.08. The van der Waals surface area contributed by atoms with E-state index in [-0.39, 0.29) is 22.9 Å². The first kappa shape index (κ1) is 15.0. The number of aliphatic hydroxyl groups is 1. The summed E-state index contributed by atoms with van der Waals surface area (Å²) >= 11 is 5.72. The summed E-state index contributed by atoms with van der Waals surface area (Å²) in [4.78, 5) is 15.9. The standard InChI is InChI=1S/C15H10ClFN2O2/c16-12-5-13(17)7-14(6-12)19-15(21)11-4-10(2-1-3-20)8-18-9-11/h4-9,20H,3H2,(H,19,21). The Kier molecular flexibility index (Phi) is 4.88. The number of benzene rings is 1. The summed E-state index contributed by atoms with van der Waals surface area (Å²) in [5, 5.41) is 11.3. The Morgan fingerprint density at radius 2 is 2.14 bits per heavy atom. The Morgan fingerprint density at radius 1 is 1.33 bits per heavy atom. The van der Waals surface area contributed by atoms with Gasteiger partial charge in [-0.15, -0.1) is 0 Å². The predicted octanol–water partition coefficient (Wildman–Crippen LogP) is 2.47. The SMILES string of the molecule is O=C(Nc1cc(F)cc(Cl)c1)c1cncc(C#CCO)c1. The van der Waals surface area contributed by atoms with Crippen molar-refractivity contribution in [3.63, 3.8) is 0 Å². The van der Waals surface area contributed by atoms with Gasteiger partial charge in [0.05, 0.1) is 5.56 Å². The lowest BCUT2D eigenvalue weighted by atomic mass is 10.2. The van der Waals surface area contributed by atoms with Crippen LogP contribution in [-0.4, -0.2) is 22.6 Å². The number of aliphatic hydroxyl groups excluding tert-OH is 1. The topological polar surface area (TPSA) is 62.2 Å². The first-order chi connectivity index (χ1) is 10.1. The van der Waals surface area contributed by atoms with Crippen molar-refractivity contribution in [3.05, 3.63) is 58.6 Å². The zero-order chi connectivity index (χ0) is 15.2. The molecule has 0 aliphatic carbocycles. The summed E-state index contributed by atoms with van der Waals surface area (Å²) in [5.74, 6) is 4.11. The lowest BCUT2D eigenvalue weighted by Gasteiger charge is -2.06. The zero-order valence-electron chi connectivity index (χ0n) is 10.7. The molecular formula is C15H10ClFN2O2. The van der Waals surface area contributed by atoms with Crippen LogP contribution in [0.2, 0.25) is 5.02 Å². The van der Waals surface area contributed by atoms with E-state index in [4.69, 9.17) is 16.7 Å². The van der Waals surface area contributed by atoms with E-state index in [1.165, 1.54) is 24.5 Å². The van der Waals surface area contributed by atoms with Crippen molar-refractivity contribution in [1.82, 2.24) is 4.98 Å².